The molecule has 1 N–H and O–H groups in total. The third kappa shape index (κ3) is 9.91. The molecule has 0 saturated carbocycles. The summed E-state index contributed by atoms with van der Waals surface area (Å²) in [4.78, 5) is 1.33. The largest absolute Gasteiger partial charge is 0.382 e. The first-order chi connectivity index (χ1) is 10.2. The summed E-state index contributed by atoms with van der Waals surface area (Å²) in [5.74, 6) is 1.80. The molecule has 1 aromatic carbocycles. The number of methoxy groups -OCH3 is 1. The van der Waals surface area contributed by atoms with Gasteiger partial charge in [-0.1, -0.05) is 26.0 Å². The Hall–Kier alpha value is -0.550. The van der Waals surface area contributed by atoms with E-state index in [9.17, 15) is 0 Å². The quantitative estimate of drug-likeness (QED) is 0.472. The summed E-state index contributed by atoms with van der Waals surface area (Å²) in [5.41, 5.74) is 1.35. The fraction of sp³-hybridized carbons (Fsp3) is 0.647. The van der Waals surface area contributed by atoms with Gasteiger partial charge in [-0.15, -0.1) is 11.8 Å². The molecule has 21 heavy (non-hydrogen) atoms. The minimum Gasteiger partial charge on any atom is -0.382 e. The van der Waals surface area contributed by atoms with Gasteiger partial charge in [0.2, 0.25) is 0 Å². The van der Waals surface area contributed by atoms with Crippen LogP contribution in [0.1, 0.15) is 25.8 Å². The van der Waals surface area contributed by atoms with Crippen molar-refractivity contribution in [1.82, 2.24) is 5.32 Å². The smallest absolute Gasteiger partial charge is 0.0700 e. The van der Waals surface area contributed by atoms with E-state index in [0.29, 0.717) is 19.1 Å². The van der Waals surface area contributed by atoms with Crippen LogP contribution in [-0.2, 0) is 16.0 Å². The molecule has 4 heteroatoms. The van der Waals surface area contributed by atoms with Gasteiger partial charge in [-0.2, -0.15) is 0 Å². The standard InChI is InChI=1S/C17H29NO2S/c1-15(2)13-18-14-16-5-7-17(8-6-16)21-12-4-9-20-11-10-19-3/h5-8,15,18H,4,9-14H2,1-3H3. The van der Waals surface area contributed by atoms with Gasteiger partial charge in [-0.3, -0.25) is 0 Å². The van der Waals surface area contributed by atoms with Gasteiger partial charge in [0.1, 0.15) is 0 Å². The molecule has 0 heterocycles. The first-order valence-corrected chi connectivity index (χ1v) is 8.70. The number of thioether (sulfide) groups is 1. The van der Waals surface area contributed by atoms with E-state index in [1.165, 1.54) is 10.5 Å². The van der Waals surface area contributed by atoms with Gasteiger partial charge in [-0.05, 0) is 36.6 Å². The van der Waals surface area contributed by atoms with Gasteiger partial charge in [-0.25, -0.2) is 0 Å². The Labute approximate surface area is 133 Å². The lowest BCUT2D eigenvalue weighted by molar-refractivity contribution is 0.0713. The zero-order chi connectivity index (χ0) is 15.3. The van der Waals surface area contributed by atoms with Gasteiger partial charge in [0.05, 0.1) is 13.2 Å². The summed E-state index contributed by atoms with van der Waals surface area (Å²) in [7, 11) is 1.70. The predicted octanol–water partition coefficient (Wildman–Crippen LogP) is 3.58. The van der Waals surface area contributed by atoms with E-state index in [1.807, 2.05) is 11.8 Å². The van der Waals surface area contributed by atoms with Crippen LogP contribution in [0.15, 0.2) is 29.2 Å². The molecular weight excluding hydrogens is 282 g/mol. The van der Waals surface area contributed by atoms with Crippen LogP contribution in [0, 0.1) is 5.92 Å². The molecule has 0 saturated heterocycles. The molecule has 0 radical (unpaired) electrons. The zero-order valence-electron chi connectivity index (χ0n) is 13.6. The normalized spacial score (nSPS) is 11.2. The molecule has 1 aromatic rings. The number of hydrogen-bond donors (Lipinski definition) is 1. The number of rotatable bonds is 12. The van der Waals surface area contributed by atoms with E-state index < -0.39 is 0 Å². The van der Waals surface area contributed by atoms with E-state index in [2.05, 4.69) is 43.4 Å². The highest BCUT2D eigenvalue weighted by Gasteiger charge is 1.98. The Bertz CT molecular complexity index is 354. The molecule has 0 atom stereocenters. The molecule has 1 rings (SSSR count). The van der Waals surface area contributed by atoms with Crippen molar-refractivity contribution in [1.29, 1.82) is 0 Å². The molecule has 0 aliphatic heterocycles. The Morgan fingerprint density at radius 2 is 1.86 bits per heavy atom. The molecule has 120 valence electrons. The lowest BCUT2D eigenvalue weighted by Crippen LogP contribution is -2.18. The third-order valence-corrected chi connectivity index (χ3v) is 4.04. The minimum absolute atomic E-state index is 0.680. The molecule has 0 aliphatic carbocycles. The van der Waals surface area contributed by atoms with Crippen LogP contribution >= 0.6 is 11.8 Å². The highest BCUT2D eigenvalue weighted by atomic mass is 32.2. The van der Waals surface area contributed by atoms with E-state index in [4.69, 9.17) is 9.47 Å². The van der Waals surface area contributed by atoms with Gasteiger partial charge in [0.25, 0.3) is 0 Å². The zero-order valence-corrected chi connectivity index (χ0v) is 14.4. The third-order valence-electron chi connectivity index (χ3n) is 2.94. The summed E-state index contributed by atoms with van der Waals surface area (Å²) in [6.07, 6.45) is 1.08. The average Bonchev–Trinajstić information content (AvgIpc) is 2.47. The molecule has 0 bridgehead atoms. The second-order valence-corrected chi connectivity index (χ2v) is 6.64. The molecule has 0 unspecified atom stereocenters. The van der Waals surface area contributed by atoms with Crippen LogP contribution < -0.4 is 5.32 Å². The summed E-state index contributed by atoms with van der Waals surface area (Å²) in [5, 5.41) is 3.46. The minimum atomic E-state index is 0.680. The average molecular weight is 311 g/mol. The van der Waals surface area contributed by atoms with Crippen LogP contribution in [-0.4, -0.2) is 39.2 Å². The Morgan fingerprint density at radius 1 is 1.10 bits per heavy atom. The fourth-order valence-corrected chi connectivity index (χ4v) is 2.63. The van der Waals surface area contributed by atoms with E-state index >= 15 is 0 Å². The van der Waals surface area contributed by atoms with Crippen molar-refractivity contribution in [2.24, 2.45) is 5.92 Å². The van der Waals surface area contributed by atoms with Gasteiger partial charge in [0, 0.05) is 30.9 Å². The maximum atomic E-state index is 5.45. The lowest BCUT2D eigenvalue weighted by Gasteiger charge is -2.08. The number of ether oxygens (including phenoxy) is 2. The molecule has 0 fully saturated rings. The SMILES string of the molecule is COCCOCCCSc1ccc(CNCC(C)C)cc1. The maximum Gasteiger partial charge on any atom is 0.0700 e. The van der Waals surface area contributed by atoms with Crippen molar-refractivity contribution in [3.05, 3.63) is 29.8 Å². The number of benzene rings is 1. The van der Waals surface area contributed by atoms with E-state index in [0.717, 1.165) is 31.9 Å². The summed E-state index contributed by atoms with van der Waals surface area (Å²) >= 11 is 1.89. The van der Waals surface area contributed by atoms with Crippen LogP contribution in [0.2, 0.25) is 0 Å². The molecule has 0 aliphatic rings. The van der Waals surface area contributed by atoms with Crippen LogP contribution in [0.4, 0.5) is 0 Å². The first-order valence-electron chi connectivity index (χ1n) is 7.71. The highest BCUT2D eigenvalue weighted by Crippen LogP contribution is 2.19. The summed E-state index contributed by atoms with van der Waals surface area (Å²) in [6, 6.07) is 8.85. The Balaban J connectivity index is 2.10. The van der Waals surface area contributed by atoms with Crippen molar-refractivity contribution in [2.75, 3.05) is 39.2 Å². The summed E-state index contributed by atoms with van der Waals surface area (Å²) < 4.78 is 10.4. The molecular formula is C17H29NO2S. The van der Waals surface area contributed by atoms with Crippen molar-refractivity contribution in [3.8, 4) is 0 Å². The van der Waals surface area contributed by atoms with Crippen LogP contribution in [0.3, 0.4) is 0 Å². The Morgan fingerprint density at radius 3 is 2.52 bits per heavy atom. The highest BCUT2D eigenvalue weighted by molar-refractivity contribution is 7.99. The van der Waals surface area contributed by atoms with Crippen molar-refractivity contribution in [2.45, 2.75) is 31.7 Å². The molecule has 0 aromatic heterocycles. The Kier molecular flexibility index (Phi) is 10.6. The topological polar surface area (TPSA) is 30.5 Å². The molecule has 0 amide bonds. The number of hydrogen-bond acceptors (Lipinski definition) is 4. The van der Waals surface area contributed by atoms with E-state index in [-0.39, 0.29) is 0 Å². The number of nitrogens with one attached hydrogen (secondary N) is 1. The summed E-state index contributed by atoms with van der Waals surface area (Å²) in [6.45, 7) is 8.67. The van der Waals surface area contributed by atoms with Crippen molar-refractivity contribution < 1.29 is 9.47 Å². The van der Waals surface area contributed by atoms with Crippen molar-refractivity contribution >= 4 is 11.8 Å². The second-order valence-electron chi connectivity index (χ2n) is 5.48. The van der Waals surface area contributed by atoms with Crippen molar-refractivity contribution in [3.63, 3.8) is 0 Å². The van der Waals surface area contributed by atoms with Crippen LogP contribution in [0.25, 0.3) is 0 Å². The monoisotopic (exact) mass is 311 g/mol. The molecule has 0 spiro atoms. The maximum absolute atomic E-state index is 5.45. The van der Waals surface area contributed by atoms with Gasteiger partial charge >= 0.3 is 0 Å². The molecule has 3 nitrogen and oxygen atoms in total. The second kappa shape index (κ2) is 12.0. The first kappa shape index (κ1) is 18.5. The van der Waals surface area contributed by atoms with Gasteiger partial charge in [0.15, 0.2) is 0 Å². The fourth-order valence-electron chi connectivity index (χ4n) is 1.80. The van der Waals surface area contributed by atoms with Gasteiger partial charge < -0.3 is 14.8 Å². The van der Waals surface area contributed by atoms with Crippen LogP contribution in [0.5, 0.6) is 0 Å². The van der Waals surface area contributed by atoms with E-state index in [1.54, 1.807) is 7.11 Å². The predicted molar refractivity (Wildman–Crippen MR) is 91.0 cm³/mol. The lowest BCUT2D eigenvalue weighted by atomic mass is 10.2.